The van der Waals surface area contributed by atoms with Gasteiger partial charge in [0.1, 0.15) is 0 Å². The van der Waals surface area contributed by atoms with Gasteiger partial charge >= 0.3 is 0 Å². The molecular weight excluding hydrogens is 284 g/mol. The molecule has 0 saturated carbocycles. The number of hydrogen-bond acceptors (Lipinski definition) is 5. The van der Waals surface area contributed by atoms with E-state index in [0.717, 1.165) is 6.07 Å². The predicted octanol–water partition coefficient (Wildman–Crippen LogP) is 1.10. The van der Waals surface area contributed by atoms with E-state index in [1.54, 1.807) is 13.1 Å². The van der Waals surface area contributed by atoms with Crippen LogP contribution in [0, 0.1) is 17.0 Å². The average molecular weight is 296 g/mol. The Hall–Kier alpha value is -2.26. The van der Waals surface area contributed by atoms with Crippen LogP contribution in [-0.4, -0.2) is 23.5 Å². The summed E-state index contributed by atoms with van der Waals surface area (Å²) < 4.78 is 26.7. The minimum atomic E-state index is -3.82. The molecule has 0 aliphatic carbocycles. The summed E-state index contributed by atoms with van der Waals surface area (Å²) in [5, 5.41) is 17.0. The molecule has 1 heterocycles. The Morgan fingerprint density at radius 2 is 2.20 bits per heavy atom. The highest BCUT2D eigenvalue weighted by Gasteiger charge is 2.20. The number of H-pyrrole nitrogens is 1. The van der Waals surface area contributed by atoms with E-state index in [4.69, 9.17) is 0 Å². The third-order valence-electron chi connectivity index (χ3n) is 2.69. The lowest BCUT2D eigenvalue weighted by Crippen LogP contribution is -2.23. The zero-order valence-electron chi connectivity index (χ0n) is 10.5. The molecule has 1 aromatic carbocycles. The molecule has 0 fully saturated rings. The standard InChI is InChI=1S/C11H12N4O4S/c1-8-2-3-10(15(16)17)4-11(8)20(18,19)14-7-9-5-12-13-6-9/h2-6,14H,7H2,1H3,(H,12,13). The number of hydrogen-bond donors (Lipinski definition) is 2. The number of nitrogens with one attached hydrogen (secondary N) is 2. The Bertz CT molecular complexity index is 725. The van der Waals surface area contributed by atoms with Crippen LogP contribution < -0.4 is 4.72 Å². The van der Waals surface area contributed by atoms with Crippen LogP contribution in [0.4, 0.5) is 5.69 Å². The van der Waals surface area contributed by atoms with E-state index in [2.05, 4.69) is 14.9 Å². The van der Waals surface area contributed by atoms with Crippen molar-refractivity contribution in [3.63, 3.8) is 0 Å². The lowest BCUT2D eigenvalue weighted by Gasteiger charge is -2.08. The Morgan fingerprint density at radius 1 is 1.45 bits per heavy atom. The van der Waals surface area contributed by atoms with Gasteiger partial charge in [0.05, 0.1) is 16.0 Å². The molecule has 0 bridgehead atoms. The summed E-state index contributed by atoms with van der Waals surface area (Å²) in [7, 11) is -3.82. The summed E-state index contributed by atoms with van der Waals surface area (Å²) in [6.45, 7) is 1.64. The molecular formula is C11H12N4O4S. The summed E-state index contributed by atoms with van der Waals surface area (Å²) in [6.07, 6.45) is 3.05. The summed E-state index contributed by atoms with van der Waals surface area (Å²) >= 11 is 0. The van der Waals surface area contributed by atoms with Gasteiger partial charge in [0.15, 0.2) is 0 Å². The second-order valence-corrected chi connectivity index (χ2v) is 5.87. The molecule has 0 radical (unpaired) electrons. The Kier molecular flexibility index (Phi) is 3.81. The Morgan fingerprint density at radius 3 is 2.80 bits per heavy atom. The van der Waals surface area contributed by atoms with E-state index in [1.807, 2.05) is 0 Å². The third-order valence-corrected chi connectivity index (χ3v) is 4.24. The molecule has 2 N–H and O–H groups in total. The maximum atomic E-state index is 12.2. The maximum Gasteiger partial charge on any atom is 0.270 e. The highest BCUT2D eigenvalue weighted by atomic mass is 32.2. The van der Waals surface area contributed by atoms with E-state index in [1.165, 1.54) is 18.3 Å². The second kappa shape index (κ2) is 5.39. The number of aromatic amines is 1. The molecule has 0 atom stereocenters. The van der Waals surface area contributed by atoms with Gasteiger partial charge in [0.2, 0.25) is 10.0 Å². The minimum absolute atomic E-state index is 0.0565. The van der Waals surface area contributed by atoms with Crippen molar-refractivity contribution in [2.45, 2.75) is 18.4 Å². The molecule has 0 aliphatic rings. The maximum absolute atomic E-state index is 12.2. The molecule has 9 heteroatoms. The largest absolute Gasteiger partial charge is 0.285 e. The van der Waals surface area contributed by atoms with E-state index in [0.29, 0.717) is 11.1 Å². The highest BCUT2D eigenvalue weighted by molar-refractivity contribution is 7.89. The van der Waals surface area contributed by atoms with Gasteiger partial charge in [-0.05, 0) is 12.5 Å². The molecule has 0 amide bonds. The molecule has 8 nitrogen and oxygen atoms in total. The van der Waals surface area contributed by atoms with Gasteiger partial charge in [0, 0.05) is 30.4 Å². The van der Waals surface area contributed by atoms with Gasteiger partial charge in [-0.25, -0.2) is 13.1 Å². The second-order valence-electron chi connectivity index (χ2n) is 4.14. The molecule has 0 unspecified atom stereocenters. The van der Waals surface area contributed by atoms with E-state index >= 15 is 0 Å². The number of non-ortho nitro benzene ring substituents is 1. The third kappa shape index (κ3) is 3.00. The van der Waals surface area contributed by atoms with Gasteiger partial charge in [-0.15, -0.1) is 0 Å². The number of aromatic nitrogens is 2. The van der Waals surface area contributed by atoms with Crippen molar-refractivity contribution < 1.29 is 13.3 Å². The summed E-state index contributed by atoms with van der Waals surface area (Å²) in [4.78, 5) is 9.98. The molecule has 20 heavy (non-hydrogen) atoms. The van der Waals surface area contributed by atoms with Crippen molar-refractivity contribution in [1.29, 1.82) is 0 Å². The van der Waals surface area contributed by atoms with Crippen LogP contribution in [0.25, 0.3) is 0 Å². The van der Waals surface area contributed by atoms with Crippen LogP contribution in [0.1, 0.15) is 11.1 Å². The first-order valence-corrected chi connectivity index (χ1v) is 7.11. The van der Waals surface area contributed by atoms with Crippen molar-refractivity contribution in [3.8, 4) is 0 Å². The van der Waals surface area contributed by atoms with Crippen LogP contribution in [-0.2, 0) is 16.6 Å². The van der Waals surface area contributed by atoms with Crippen molar-refractivity contribution in [2.24, 2.45) is 0 Å². The van der Waals surface area contributed by atoms with Crippen LogP contribution >= 0.6 is 0 Å². The number of nitro groups is 1. The summed E-state index contributed by atoms with van der Waals surface area (Å²) in [5.74, 6) is 0. The van der Waals surface area contributed by atoms with E-state index < -0.39 is 14.9 Å². The van der Waals surface area contributed by atoms with Crippen molar-refractivity contribution in [1.82, 2.24) is 14.9 Å². The first-order chi connectivity index (χ1) is 9.40. The molecule has 0 spiro atoms. The Labute approximate surface area is 115 Å². The van der Waals surface area contributed by atoms with Crippen LogP contribution in [0.15, 0.2) is 35.5 Å². The quantitative estimate of drug-likeness (QED) is 0.632. The summed E-state index contributed by atoms with van der Waals surface area (Å²) in [5.41, 5.74) is 0.839. The van der Waals surface area contributed by atoms with Crippen molar-refractivity contribution >= 4 is 15.7 Å². The lowest BCUT2D eigenvalue weighted by atomic mass is 10.2. The summed E-state index contributed by atoms with van der Waals surface area (Å²) in [6, 6.07) is 3.72. The molecule has 1 aromatic heterocycles. The zero-order valence-corrected chi connectivity index (χ0v) is 11.3. The SMILES string of the molecule is Cc1ccc([N+](=O)[O-])cc1S(=O)(=O)NCc1cn[nH]c1. The molecule has 0 saturated heterocycles. The highest BCUT2D eigenvalue weighted by Crippen LogP contribution is 2.21. The number of nitrogens with zero attached hydrogens (tertiary/aromatic N) is 2. The fourth-order valence-electron chi connectivity index (χ4n) is 1.62. The number of rotatable bonds is 5. The molecule has 2 rings (SSSR count). The van der Waals surface area contributed by atoms with Gasteiger partial charge in [0.25, 0.3) is 5.69 Å². The minimum Gasteiger partial charge on any atom is -0.285 e. The van der Waals surface area contributed by atoms with Gasteiger partial charge < -0.3 is 0 Å². The van der Waals surface area contributed by atoms with Crippen LogP contribution in [0.5, 0.6) is 0 Å². The normalized spacial score (nSPS) is 11.4. The first kappa shape index (κ1) is 14.2. The number of sulfonamides is 1. The van der Waals surface area contributed by atoms with E-state index in [-0.39, 0.29) is 17.1 Å². The lowest BCUT2D eigenvalue weighted by molar-refractivity contribution is -0.385. The zero-order chi connectivity index (χ0) is 14.8. The first-order valence-electron chi connectivity index (χ1n) is 5.62. The Balaban J connectivity index is 2.28. The van der Waals surface area contributed by atoms with E-state index in [9.17, 15) is 18.5 Å². The smallest absolute Gasteiger partial charge is 0.270 e. The van der Waals surface area contributed by atoms with Gasteiger partial charge in [-0.1, -0.05) is 6.07 Å². The number of benzene rings is 1. The van der Waals surface area contributed by atoms with Gasteiger partial charge in [-0.2, -0.15) is 5.10 Å². The molecule has 106 valence electrons. The fourth-order valence-corrected chi connectivity index (χ4v) is 2.90. The number of aryl methyl sites for hydroxylation is 1. The molecule has 0 aliphatic heterocycles. The van der Waals surface area contributed by atoms with Crippen molar-refractivity contribution in [2.75, 3.05) is 0 Å². The topological polar surface area (TPSA) is 118 Å². The van der Waals surface area contributed by atoms with Gasteiger partial charge in [-0.3, -0.25) is 15.2 Å². The molecule has 2 aromatic rings. The van der Waals surface area contributed by atoms with Crippen molar-refractivity contribution in [3.05, 3.63) is 51.8 Å². The monoisotopic (exact) mass is 296 g/mol. The predicted molar refractivity (Wildman–Crippen MR) is 70.4 cm³/mol. The van der Waals surface area contributed by atoms with Crippen LogP contribution in [0.3, 0.4) is 0 Å². The fraction of sp³-hybridized carbons (Fsp3) is 0.182. The average Bonchev–Trinajstić information content (AvgIpc) is 2.89. The number of nitro benzene ring substituents is 1. The van der Waals surface area contributed by atoms with Crippen LogP contribution in [0.2, 0.25) is 0 Å².